The first kappa shape index (κ1) is 9.78. The third-order valence-electron chi connectivity index (χ3n) is 2.60. The Hall–Kier alpha value is -0.760. The molecule has 1 aliphatic carbocycles. The fourth-order valence-electron chi connectivity index (χ4n) is 1.86. The molecule has 1 nitrogen and oxygen atoms in total. The largest absolute Gasteiger partial charge is 0.298 e. The predicted octanol–water partition coefficient (Wildman–Crippen LogP) is 3.53. The van der Waals surface area contributed by atoms with Crippen LogP contribution in [0.5, 0.6) is 0 Å². The Balaban J connectivity index is 2.04. The van der Waals surface area contributed by atoms with Crippen molar-refractivity contribution in [3.05, 3.63) is 29.8 Å². The van der Waals surface area contributed by atoms with E-state index in [4.69, 9.17) is 0 Å². The number of hydrogen-bond donors (Lipinski definition) is 0. The summed E-state index contributed by atoms with van der Waals surface area (Å²) in [5, 5.41) is 0.775. The highest BCUT2D eigenvalue weighted by Crippen LogP contribution is 2.34. The summed E-state index contributed by atoms with van der Waals surface area (Å²) >= 11 is 1.92. The Labute approximate surface area is 88.9 Å². The number of thioether (sulfide) groups is 1. The normalized spacial score (nSPS) is 17.1. The molecule has 0 heterocycles. The van der Waals surface area contributed by atoms with Crippen molar-refractivity contribution in [1.82, 2.24) is 0 Å². The minimum Gasteiger partial charge on any atom is -0.298 e. The maximum Gasteiger partial charge on any atom is 0.150 e. The van der Waals surface area contributed by atoms with Crippen LogP contribution in [-0.2, 0) is 0 Å². The van der Waals surface area contributed by atoms with Gasteiger partial charge in [0.25, 0.3) is 0 Å². The first-order chi connectivity index (χ1) is 6.88. The molecule has 0 atom stereocenters. The van der Waals surface area contributed by atoms with Crippen molar-refractivity contribution in [1.29, 1.82) is 0 Å². The summed E-state index contributed by atoms with van der Waals surface area (Å²) in [7, 11) is 0. The molecule has 0 unspecified atom stereocenters. The molecular formula is C12H14OS. The fourth-order valence-corrected chi connectivity index (χ4v) is 3.18. The number of hydrogen-bond acceptors (Lipinski definition) is 2. The molecule has 0 radical (unpaired) electrons. The fraction of sp³-hybridized carbons (Fsp3) is 0.417. The molecule has 0 N–H and O–H groups in total. The van der Waals surface area contributed by atoms with Crippen LogP contribution in [0.4, 0.5) is 0 Å². The van der Waals surface area contributed by atoms with E-state index in [2.05, 4.69) is 6.07 Å². The van der Waals surface area contributed by atoms with Crippen LogP contribution in [0.25, 0.3) is 0 Å². The van der Waals surface area contributed by atoms with Crippen LogP contribution in [0.15, 0.2) is 29.2 Å². The third-order valence-corrected chi connectivity index (χ3v) is 3.93. The summed E-state index contributed by atoms with van der Waals surface area (Å²) in [6.07, 6.45) is 6.31. The Kier molecular flexibility index (Phi) is 3.25. The van der Waals surface area contributed by atoms with Gasteiger partial charge in [0.1, 0.15) is 6.29 Å². The Morgan fingerprint density at radius 1 is 1.29 bits per heavy atom. The van der Waals surface area contributed by atoms with Crippen molar-refractivity contribution in [3.63, 3.8) is 0 Å². The van der Waals surface area contributed by atoms with Crippen molar-refractivity contribution in [3.8, 4) is 0 Å². The standard InChI is InChI=1S/C12H14OS/c13-9-10-4-3-7-12(8-10)14-11-5-1-2-6-11/h3-4,7-9,11H,1-2,5-6H2. The van der Waals surface area contributed by atoms with Crippen molar-refractivity contribution in [2.24, 2.45) is 0 Å². The Bertz CT molecular complexity index is 316. The molecular weight excluding hydrogens is 192 g/mol. The third kappa shape index (κ3) is 2.38. The summed E-state index contributed by atoms with van der Waals surface area (Å²) in [5.74, 6) is 0. The second-order valence-electron chi connectivity index (χ2n) is 3.71. The molecule has 74 valence electrons. The summed E-state index contributed by atoms with van der Waals surface area (Å²) in [4.78, 5) is 11.8. The van der Waals surface area contributed by atoms with Crippen LogP contribution in [0.2, 0.25) is 0 Å². The highest BCUT2D eigenvalue weighted by Gasteiger charge is 2.15. The average molecular weight is 206 g/mol. The van der Waals surface area contributed by atoms with E-state index in [1.165, 1.54) is 30.6 Å². The van der Waals surface area contributed by atoms with E-state index in [1.807, 2.05) is 30.0 Å². The summed E-state index contributed by atoms with van der Waals surface area (Å²) in [5.41, 5.74) is 0.785. The predicted molar refractivity (Wildman–Crippen MR) is 59.9 cm³/mol. The van der Waals surface area contributed by atoms with E-state index < -0.39 is 0 Å². The van der Waals surface area contributed by atoms with E-state index in [-0.39, 0.29) is 0 Å². The minimum absolute atomic E-state index is 0.775. The van der Waals surface area contributed by atoms with Crippen LogP contribution >= 0.6 is 11.8 Å². The zero-order chi connectivity index (χ0) is 9.80. The van der Waals surface area contributed by atoms with E-state index in [9.17, 15) is 4.79 Å². The quantitative estimate of drug-likeness (QED) is 0.704. The van der Waals surface area contributed by atoms with Gasteiger partial charge < -0.3 is 0 Å². The molecule has 0 aliphatic heterocycles. The van der Waals surface area contributed by atoms with Crippen LogP contribution in [-0.4, -0.2) is 11.5 Å². The van der Waals surface area contributed by atoms with Gasteiger partial charge in [-0.05, 0) is 25.0 Å². The summed E-state index contributed by atoms with van der Waals surface area (Å²) < 4.78 is 0. The molecule has 1 saturated carbocycles. The average Bonchev–Trinajstić information content (AvgIpc) is 2.71. The highest BCUT2D eigenvalue weighted by molar-refractivity contribution is 8.00. The van der Waals surface area contributed by atoms with Crippen molar-refractivity contribution in [2.75, 3.05) is 0 Å². The first-order valence-corrected chi connectivity index (χ1v) is 5.98. The van der Waals surface area contributed by atoms with E-state index >= 15 is 0 Å². The zero-order valence-corrected chi connectivity index (χ0v) is 8.93. The number of rotatable bonds is 3. The lowest BCUT2D eigenvalue weighted by molar-refractivity contribution is 0.112. The summed E-state index contributed by atoms with van der Waals surface area (Å²) in [6.45, 7) is 0. The number of carbonyl (C=O) groups excluding carboxylic acids is 1. The molecule has 1 fully saturated rings. The van der Waals surface area contributed by atoms with Gasteiger partial charge in [-0.1, -0.05) is 25.0 Å². The molecule has 1 aromatic carbocycles. The number of aldehydes is 1. The monoisotopic (exact) mass is 206 g/mol. The zero-order valence-electron chi connectivity index (χ0n) is 8.11. The molecule has 2 rings (SSSR count). The highest BCUT2D eigenvalue weighted by atomic mass is 32.2. The molecule has 1 aromatic rings. The van der Waals surface area contributed by atoms with Gasteiger partial charge in [-0.2, -0.15) is 0 Å². The lowest BCUT2D eigenvalue weighted by Gasteiger charge is -2.08. The van der Waals surface area contributed by atoms with E-state index in [0.717, 1.165) is 17.1 Å². The van der Waals surface area contributed by atoms with Gasteiger partial charge in [0.2, 0.25) is 0 Å². The lowest BCUT2D eigenvalue weighted by Crippen LogP contribution is -1.93. The number of carbonyl (C=O) groups is 1. The lowest BCUT2D eigenvalue weighted by atomic mass is 10.2. The van der Waals surface area contributed by atoms with Crippen LogP contribution in [0, 0.1) is 0 Å². The van der Waals surface area contributed by atoms with Gasteiger partial charge in [-0.3, -0.25) is 4.79 Å². The van der Waals surface area contributed by atoms with Crippen LogP contribution in [0.3, 0.4) is 0 Å². The summed E-state index contributed by atoms with van der Waals surface area (Å²) in [6, 6.07) is 7.89. The van der Waals surface area contributed by atoms with Gasteiger partial charge in [0.05, 0.1) is 0 Å². The topological polar surface area (TPSA) is 17.1 Å². The maximum absolute atomic E-state index is 10.6. The SMILES string of the molecule is O=Cc1cccc(SC2CCCC2)c1. The maximum atomic E-state index is 10.6. The Morgan fingerprint density at radius 2 is 2.07 bits per heavy atom. The van der Waals surface area contributed by atoms with E-state index in [1.54, 1.807) is 0 Å². The van der Waals surface area contributed by atoms with Gasteiger partial charge in [-0.25, -0.2) is 0 Å². The van der Waals surface area contributed by atoms with Gasteiger partial charge in [0.15, 0.2) is 0 Å². The van der Waals surface area contributed by atoms with Crippen molar-refractivity contribution >= 4 is 18.0 Å². The molecule has 0 amide bonds. The molecule has 0 spiro atoms. The molecule has 2 heteroatoms. The second kappa shape index (κ2) is 4.65. The van der Waals surface area contributed by atoms with Crippen LogP contribution < -0.4 is 0 Å². The van der Waals surface area contributed by atoms with Crippen molar-refractivity contribution in [2.45, 2.75) is 35.8 Å². The minimum atomic E-state index is 0.775. The second-order valence-corrected chi connectivity index (χ2v) is 5.09. The molecule has 0 aromatic heterocycles. The van der Waals surface area contributed by atoms with Gasteiger partial charge >= 0.3 is 0 Å². The van der Waals surface area contributed by atoms with Crippen molar-refractivity contribution < 1.29 is 4.79 Å². The molecule has 14 heavy (non-hydrogen) atoms. The van der Waals surface area contributed by atoms with Gasteiger partial charge in [-0.15, -0.1) is 11.8 Å². The molecule has 0 saturated heterocycles. The van der Waals surface area contributed by atoms with E-state index in [0.29, 0.717) is 0 Å². The molecule has 1 aliphatic rings. The van der Waals surface area contributed by atoms with Crippen LogP contribution in [0.1, 0.15) is 36.0 Å². The Morgan fingerprint density at radius 3 is 2.79 bits per heavy atom. The smallest absolute Gasteiger partial charge is 0.150 e. The van der Waals surface area contributed by atoms with Gasteiger partial charge in [0, 0.05) is 15.7 Å². The first-order valence-electron chi connectivity index (χ1n) is 5.10. The molecule has 0 bridgehead atoms. The number of benzene rings is 1.